The summed E-state index contributed by atoms with van der Waals surface area (Å²) >= 11 is 0. The molecule has 2 heterocycles. The van der Waals surface area contributed by atoms with Crippen molar-refractivity contribution in [3.63, 3.8) is 0 Å². The quantitative estimate of drug-likeness (QED) is 0.189. The normalized spacial score (nSPS) is 13.6. The van der Waals surface area contributed by atoms with Gasteiger partial charge in [0.25, 0.3) is 0 Å². The van der Waals surface area contributed by atoms with Crippen LogP contribution in [0.3, 0.4) is 0 Å². The van der Waals surface area contributed by atoms with Gasteiger partial charge in [0.15, 0.2) is 0 Å². The van der Waals surface area contributed by atoms with E-state index in [-0.39, 0.29) is 5.41 Å². The fourth-order valence-corrected chi connectivity index (χ4v) is 7.93. The number of nitrogens with zero attached hydrogens (tertiary/aromatic N) is 2. The fraction of sp³-hybridized carbons (Fsp3) is 0.0698. The Balaban J connectivity index is 1.15. The van der Waals surface area contributed by atoms with E-state index in [9.17, 15) is 0 Å². The van der Waals surface area contributed by atoms with Crippen molar-refractivity contribution >= 4 is 54.8 Å². The third-order valence-corrected chi connectivity index (χ3v) is 10.0. The minimum absolute atomic E-state index is 0.0793. The first-order valence-electron chi connectivity index (χ1n) is 15.8. The van der Waals surface area contributed by atoms with Crippen LogP contribution in [0.5, 0.6) is 0 Å². The third-order valence-electron chi connectivity index (χ3n) is 10.0. The van der Waals surface area contributed by atoms with E-state index < -0.39 is 0 Å². The van der Waals surface area contributed by atoms with Gasteiger partial charge in [-0.25, -0.2) is 9.97 Å². The molecule has 0 aliphatic heterocycles. The molecule has 2 aromatic heterocycles. The van der Waals surface area contributed by atoms with Gasteiger partial charge in [0, 0.05) is 21.6 Å². The van der Waals surface area contributed by atoms with Crippen LogP contribution in [0, 0.1) is 0 Å². The van der Waals surface area contributed by atoms with E-state index in [4.69, 9.17) is 14.4 Å². The minimum Gasteiger partial charge on any atom is -0.436 e. The molecule has 10 rings (SSSR count). The van der Waals surface area contributed by atoms with Crippen molar-refractivity contribution in [2.45, 2.75) is 19.3 Å². The Hall–Kier alpha value is -5.80. The fourth-order valence-electron chi connectivity index (χ4n) is 7.93. The second-order valence-electron chi connectivity index (χ2n) is 13.0. The number of aromatic nitrogens is 2. The largest absolute Gasteiger partial charge is 0.436 e. The highest BCUT2D eigenvalue weighted by atomic mass is 16.3. The van der Waals surface area contributed by atoms with Crippen molar-refractivity contribution in [3.8, 4) is 33.4 Å². The molecule has 0 fully saturated rings. The van der Waals surface area contributed by atoms with Gasteiger partial charge in [-0.1, -0.05) is 129 Å². The van der Waals surface area contributed by atoms with Crippen molar-refractivity contribution in [3.05, 3.63) is 145 Å². The standard InChI is InChI=1S/C43H28N2O/c1-43(2)36-20-8-7-15-31(36)32-19-10-18-28(38(32)43)27-12-9-11-25(23-27)26-21-22-37-35(24-26)41-42(46-37)45-40-34-17-6-4-14-30(34)29-13-3-5-16-33(29)39(40)44-41/h3-24H,1-2H3. The number of hydrogen-bond donors (Lipinski definition) is 0. The van der Waals surface area contributed by atoms with Crippen LogP contribution < -0.4 is 0 Å². The number of rotatable bonds is 2. The van der Waals surface area contributed by atoms with Gasteiger partial charge in [-0.15, -0.1) is 0 Å². The van der Waals surface area contributed by atoms with Gasteiger partial charge >= 0.3 is 0 Å². The van der Waals surface area contributed by atoms with E-state index in [1.807, 2.05) is 0 Å². The molecule has 0 N–H and O–H groups in total. The zero-order valence-corrected chi connectivity index (χ0v) is 25.5. The molecule has 1 aliphatic rings. The van der Waals surface area contributed by atoms with Gasteiger partial charge in [-0.05, 0) is 73.5 Å². The van der Waals surface area contributed by atoms with Gasteiger partial charge in [0.2, 0.25) is 5.71 Å². The monoisotopic (exact) mass is 588 g/mol. The summed E-state index contributed by atoms with van der Waals surface area (Å²) in [4.78, 5) is 10.3. The zero-order chi connectivity index (χ0) is 30.6. The number of furan rings is 1. The SMILES string of the molecule is CC1(C)c2ccccc2-c2cccc(-c3cccc(-c4ccc5oc6nc7c8ccccc8c8ccccc8c7nc6c5c4)c3)c21. The van der Waals surface area contributed by atoms with E-state index in [0.29, 0.717) is 5.71 Å². The molecule has 0 amide bonds. The molecule has 7 aromatic carbocycles. The van der Waals surface area contributed by atoms with E-state index in [1.54, 1.807) is 0 Å². The van der Waals surface area contributed by atoms with Crippen LogP contribution in [0.1, 0.15) is 25.0 Å². The summed E-state index contributed by atoms with van der Waals surface area (Å²) in [6.45, 7) is 4.69. The summed E-state index contributed by atoms with van der Waals surface area (Å²) in [5, 5.41) is 5.52. The Kier molecular flexibility index (Phi) is 5.06. The van der Waals surface area contributed by atoms with Crippen molar-refractivity contribution in [1.82, 2.24) is 9.97 Å². The molecule has 0 radical (unpaired) electrons. The summed E-state index contributed by atoms with van der Waals surface area (Å²) in [6, 6.07) is 47.8. The van der Waals surface area contributed by atoms with Crippen LogP contribution >= 0.6 is 0 Å². The van der Waals surface area contributed by atoms with Gasteiger partial charge in [0.1, 0.15) is 16.6 Å². The third kappa shape index (κ3) is 3.43. The van der Waals surface area contributed by atoms with Crippen LogP contribution in [0.15, 0.2) is 138 Å². The molecule has 9 aromatic rings. The van der Waals surface area contributed by atoms with Gasteiger partial charge in [-0.2, -0.15) is 0 Å². The number of hydrogen-bond acceptors (Lipinski definition) is 3. The molecule has 0 unspecified atom stereocenters. The van der Waals surface area contributed by atoms with Crippen LogP contribution in [0.25, 0.3) is 88.2 Å². The molecule has 3 nitrogen and oxygen atoms in total. The molecule has 0 saturated heterocycles. The lowest BCUT2D eigenvalue weighted by molar-refractivity contribution is 0.655. The Labute approximate surface area is 265 Å². The van der Waals surface area contributed by atoms with Crippen LogP contribution in [0.4, 0.5) is 0 Å². The van der Waals surface area contributed by atoms with Crippen molar-refractivity contribution in [2.75, 3.05) is 0 Å². The Morgan fingerprint density at radius 1 is 0.457 bits per heavy atom. The van der Waals surface area contributed by atoms with Crippen LogP contribution in [-0.4, -0.2) is 9.97 Å². The molecule has 0 saturated carbocycles. The lowest BCUT2D eigenvalue weighted by atomic mass is 9.78. The summed E-state index contributed by atoms with van der Waals surface area (Å²) < 4.78 is 6.34. The summed E-state index contributed by atoms with van der Waals surface area (Å²) in [6.07, 6.45) is 0. The van der Waals surface area contributed by atoms with Crippen molar-refractivity contribution in [1.29, 1.82) is 0 Å². The summed E-state index contributed by atoms with van der Waals surface area (Å²) in [5.41, 5.74) is 14.1. The van der Waals surface area contributed by atoms with Crippen LogP contribution in [0.2, 0.25) is 0 Å². The highest BCUT2D eigenvalue weighted by Gasteiger charge is 2.37. The topological polar surface area (TPSA) is 38.9 Å². The van der Waals surface area contributed by atoms with Gasteiger partial charge < -0.3 is 4.42 Å². The number of fused-ring (bicyclic) bond motifs is 12. The summed E-state index contributed by atoms with van der Waals surface area (Å²) in [7, 11) is 0. The van der Waals surface area contributed by atoms with E-state index >= 15 is 0 Å². The van der Waals surface area contributed by atoms with E-state index in [0.717, 1.165) is 49.4 Å². The van der Waals surface area contributed by atoms with Gasteiger partial charge in [0.05, 0.1) is 5.52 Å². The average Bonchev–Trinajstić information content (AvgIpc) is 3.58. The smallest absolute Gasteiger partial charge is 0.246 e. The number of benzene rings is 7. The Morgan fingerprint density at radius 3 is 1.87 bits per heavy atom. The molecule has 216 valence electrons. The van der Waals surface area contributed by atoms with E-state index in [2.05, 4.69) is 147 Å². The molecule has 46 heavy (non-hydrogen) atoms. The average molecular weight is 589 g/mol. The maximum atomic E-state index is 6.34. The predicted molar refractivity (Wildman–Crippen MR) is 190 cm³/mol. The van der Waals surface area contributed by atoms with Crippen molar-refractivity contribution in [2.24, 2.45) is 0 Å². The predicted octanol–water partition coefficient (Wildman–Crippen LogP) is 11.5. The lowest BCUT2D eigenvalue weighted by Crippen LogP contribution is -2.16. The van der Waals surface area contributed by atoms with Gasteiger partial charge in [-0.3, -0.25) is 0 Å². The van der Waals surface area contributed by atoms with Crippen molar-refractivity contribution < 1.29 is 4.42 Å². The maximum Gasteiger partial charge on any atom is 0.246 e. The first kappa shape index (κ1) is 25.5. The van der Waals surface area contributed by atoms with E-state index in [1.165, 1.54) is 44.2 Å². The second-order valence-corrected chi connectivity index (χ2v) is 13.0. The summed E-state index contributed by atoms with van der Waals surface area (Å²) in [5.74, 6) is 0. The molecular weight excluding hydrogens is 560 g/mol. The first-order chi connectivity index (χ1) is 22.6. The highest BCUT2D eigenvalue weighted by molar-refractivity contribution is 6.24. The molecular formula is C43H28N2O. The molecule has 0 bridgehead atoms. The molecule has 0 spiro atoms. The second kappa shape index (κ2) is 9.12. The molecule has 3 heteroatoms. The zero-order valence-electron chi connectivity index (χ0n) is 25.5. The highest BCUT2D eigenvalue weighted by Crippen LogP contribution is 2.52. The maximum absolute atomic E-state index is 6.34. The lowest BCUT2D eigenvalue weighted by Gasteiger charge is -2.24. The first-order valence-corrected chi connectivity index (χ1v) is 15.8. The minimum atomic E-state index is -0.0793. The Bertz CT molecular complexity index is 2730. The van der Waals surface area contributed by atoms with Crippen LogP contribution in [-0.2, 0) is 5.41 Å². The molecule has 1 aliphatic carbocycles. The Morgan fingerprint density at radius 2 is 1.07 bits per heavy atom. The molecule has 0 atom stereocenters.